The van der Waals surface area contributed by atoms with Crippen LogP contribution in [0.4, 0.5) is 0 Å². The molecule has 0 atom stereocenters. The topological polar surface area (TPSA) is 70.5 Å². The van der Waals surface area contributed by atoms with E-state index in [-0.39, 0.29) is 30.8 Å². The Morgan fingerprint density at radius 2 is 2.00 bits per heavy atom. The number of aromatic nitrogens is 2. The molecule has 0 aliphatic carbocycles. The summed E-state index contributed by atoms with van der Waals surface area (Å²) in [7, 11) is 2.05. The van der Waals surface area contributed by atoms with Gasteiger partial charge in [-0.15, -0.1) is 23.7 Å². The average molecular weight is 398 g/mol. The van der Waals surface area contributed by atoms with Crippen LogP contribution in [0.1, 0.15) is 21.1 Å². The lowest BCUT2D eigenvalue weighted by Gasteiger charge is -2.31. The highest BCUT2D eigenvalue weighted by Crippen LogP contribution is 2.10. The van der Waals surface area contributed by atoms with Gasteiger partial charge in [0, 0.05) is 36.8 Å². The van der Waals surface area contributed by atoms with Crippen LogP contribution in [0.15, 0.2) is 23.6 Å². The molecule has 0 bridgehead atoms. The van der Waals surface area contributed by atoms with Crippen LogP contribution in [0.25, 0.3) is 0 Å². The summed E-state index contributed by atoms with van der Waals surface area (Å²) in [5.74, 6) is -0.174. The van der Waals surface area contributed by atoms with E-state index in [9.17, 15) is 9.59 Å². The van der Waals surface area contributed by atoms with Crippen molar-refractivity contribution in [1.29, 1.82) is 0 Å². The maximum Gasteiger partial charge on any atom is 0.274 e. The highest BCUT2D eigenvalue weighted by atomic mass is 35.5. The Labute approximate surface area is 163 Å². The zero-order valence-electron chi connectivity index (χ0n) is 15.0. The molecule has 0 radical (unpaired) electrons. The molecule has 2 amide bonds. The molecule has 9 heteroatoms. The maximum absolute atomic E-state index is 12.6. The molecule has 3 rings (SSSR count). The van der Waals surface area contributed by atoms with Crippen molar-refractivity contribution in [2.75, 3.05) is 33.2 Å². The maximum atomic E-state index is 12.6. The SMILES string of the molecule is Cc1cc(C(=O)N2CCN(C)CC2)nn1CC(=O)NCc1cccs1.Cl. The van der Waals surface area contributed by atoms with Crippen LogP contribution in [-0.2, 0) is 17.9 Å². The van der Waals surface area contributed by atoms with Crippen LogP contribution in [0.3, 0.4) is 0 Å². The number of carbonyl (C=O) groups excluding carboxylic acids is 2. The lowest BCUT2D eigenvalue weighted by Crippen LogP contribution is -2.47. The van der Waals surface area contributed by atoms with E-state index in [2.05, 4.69) is 22.4 Å². The molecule has 0 saturated carbocycles. The van der Waals surface area contributed by atoms with Crippen LogP contribution in [-0.4, -0.2) is 64.6 Å². The summed E-state index contributed by atoms with van der Waals surface area (Å²) in [5.41, 5.74) is 1.22. The number of nitrogens with one attached hydrogen (secondary N) is 1. The predicted octanol–water partition coefficient (Wildman–Crippen LogP) is 1.38. The number of hydrogen-bond acceptors (Lipinski definition) is 5. The van der Waals surface area contributed by atoms with Crippen molar-refractivity contribution in [2.45, 2.75) is 20.0 Å². The van der Waals surface area contributed by atoms with E-state index in [0.717, 1.165) is 23.7 Å². The molecular weight excluding hydrogens is 374 g/mol. The van der Waals surface area contributed by atoms with E-state index in [4.69, 9.17) is 0 Å². The number of likely N-dealkylation sites (N-methyl/N-ethyl adjacent to an activating group) is 1. The third-order valence-electron chi connectivity index (χ3n) is 4.32. The fraction of sp³-hybridized carbons (Fsp3) is 0.471. The largest absolute Gasteiger partial charge is 0.350 e. The van der Waals surface area contributed by atoms with Gasteiger partial charge in [-0.1, -0.05) is 6.07 Å². The molecule has 142 valence electrons. The molecule has 26 heavy (non-hydrogen) atoms. The number of aryl methyl sites for hydroxylation is 1. The summed E-state index contributed by atoms with van der Waals surface area (Å²) >= 11 is 1.61. The number of hydrogen-bond donors (Lipinski definition) is 1. The first-order valence-electron chi connectivity index (χ1n) is 8.34. The Bertz CT molecular complexity index is 738. The fourth-order valence-corrected chi connectivity index (χ4v) is 3.38. The molecule has 1 saturated heterocycles. The quantitative estimate of drug-likeness (QED) is 0.827. The van der Waals surface area contributed by atoms with Gasteiger partial charge < -0.3 is 15.1 Å². The summed E-state index contributed by atoms with van der Waals surface area (Å²) in [6.07, 6.45) is 0. The minimum absolute atomic E-state index is 0. The molecule has 1 fully saturated rings. The van der Waals surface area contributed by atoms with E-state index in [0.29, 0.717) is 25.3 Å². The first kappa shape index (κ1) is 20.4. The van der Waals surface area contributed by atoms with Crippen LogP contribution < -0.4 is 5.32 Å². The van der Waals surface area contributed by atoms with Crippen molar-refractivity contribution < 1.29 is 9.59 Å². The highest BCUT2D eigenvalue weighted by Gasteiger charge is 2.23. The molecule has 0 spiro atoms. The number of amides is 2. The van der Waals surface area contributed by atoms with Gasteiger partial charge in [0.05, 0.1) is 6.54 Å². The van der Waals surface area contributed by atoms with Gasteiger partial charge in [0.15, 0.2) is 5.69 Å². The second-order valence-electron chi connectivity index (χ2n) is 6.28. The van der Waals surface area contributed by atoms with E-state index >= 15 is 0 Å². The van der Waals surface area contributed by atoms with Crippen molar-refractivity contribution >= 4 is 35.6 Å². The summed E-state index contributed by atoms with van der Waals surface area (Å²) in [6, 6.07) is 5.70. The molecule has 1 aliphatic rings. The van der Waals surface area contributed by atoms with Gasteiger partial charge in [-0.3, -0.25) is 14.3 Å². The van der Waals surface area contributed by atoms with Gasteiger partial charge in [-0.25, -0.2) is 0 Å². The van der Waals surface area contributed by atoms with E-state index in [1.165, 1.54) is 0 Å². The van der Waals surface area contributed by atoms with Crippen LogP contribution in [0, 0.1) is 6.92 Å². The molecule has 1 N–H and O–H groups in total. The Hall–Kier alpha value is -1.90. The second kappa shape index (κ2) is 9.16. The van der Waals surface area contributed by atoms with Crippen LogP contribution >= 0.6 is 23.7 Å². The van der Waals surface area contributed by atoms with Gasteiger partial charge >= 0.3 is 0 Å². The third-order valence-corrected chi connectivity index (χ3v) is 5.20. The van der Waals surface area contributed by atoms with E-state index in [1.807, 2.05) is 29.3 Å². The minimum Gasteiger partial charge on any atom is -0.350 e. The highest BCUT2D eigenvalue weighted by molar-refractivity contribution is 7.09. The number of thiophene rings is 1. The van der Waals surface area contributed by atoms with Crippen molar-refractivity contribution in [2.24, 2.45) is 0 Å². The molecule has 2 aromatic heterocycles. The number of rotatable bonds is 5. The summed E-state index contributed by atoms with van der Waals surface area (Å²) in [6.45, 7) is 5.66. The van der Waals surface area contributed by atoms with Crippen LogP contribution in [0.2, 0.25) is 0 Å². The summed E-state index contributed by atoms with van der Waals surface area (Å²) < 4.78 is 1.59. The standard InChI is InChI=1S/C17H23N5O2S.ClH/c1-13-10-15(17(24)21-7-5-20(2)6-8-21)19-22(13)12-16(23)18-11-14-4-3-9-25-14;/h3-4,9-10H,5-8,11-12H2,1-2H3,(H,18,23);1H. The zero-order valence-corrected chi connectivity index (χ0v) is 16.6. The molecule has 1 aliphatic heterocycles. The number of halogens is 1. The molecule has 2 aromatic rings. The Morgan fingerprint density at radius 1 is 1.27 bits per heavy atom. The van der Waals surface area contributed by atoms with Gasteiger partial charge in [-0.2, -0.15) is 5.10 Å². The average Bonchev–Trinajstić information content (AvgIpc) is 3.23. The van der Waals surface area contributed by atoms with Gasteiger partial charge in [0.25, 0.3) is 5.91 Å². The Kier molecular flexibility index (Phi) is 7.19. The van der Waals surface area contributed by atoms with E-state index < -0.39 is 0 Å². The number of piperazine rings is 1. The first-order chi connectivity index (χ1) is 12.0. The van der Waals surface area contributed by atoms with Crippen LogP contribution in [0.5, 0.6) is 0 Å². The van der Waals surface area contributed by atoms with Crippen molar-refractivity contribution in [3.63, 3.8) is 0 Å². The van der Waals surface area contributed by atoms with Gasteiger partial charge in [0.1, 0.15) is 6.54 Å². The summed E-state index contributed by atoms with van der Waals surface area (Å²) in [5, 5.41) is 9.20. The predicted molar refractivity (Wildman–Crippen MR) is 104 cm³/mol. The molecule has 3 heterocycles. The number of carbonyl (C=O) groups is 2. The Balaban J connectivity index is 0.00000243. The zero-order chi connectivity index (χ0) is 17.8. The normalized spacial score (nSPS) is 14.8. The first-order valence-corrected chi connectivity index (χ1v) is 9.22. The number of nitrogens with zero attached hydrogens (tertiary/aromatic N) is 4. The molecule has 0 unspecified atom stereocenters. The van der Waals surface area contributed by atoms with Crippen molar-refractivity contribution in [3.05, 3.63) is 39.8 Å². The molecular formula is C17H24ClN5O2S. The van der Waals surface area contributed by atoms with Gasteiger partial charge in [0.2, 0.25) is 5.91 Å². The lowest BCUT2D eigenvalue weighted by atomic mass is 10.3. The molecule has 7 nitrogen and oxygen atoms in total. The fourth-order valence-electron chi connectivity index (χ4n) is 2.74. The second-order valence-corrected chi connectivity index (χ2v) is 7.31. The lowest BCUT2D eigenvalue weighted by molar-refractivity contribution is -0.122. The minimum atomic E-state index is -0.113. The third kappa shape index (κ3) is 5.06. The van der Waals surface area contributed by atoms with E-state index in [1.54, 1.807) is 22.1 Å². The summed E-state index contributed by atoms with van der Waals surface area (Å²) in [4.78, 5) is 29.8. The molecule has 0 aromatic carbocycles. The van der Waals surface area contributed by atoms with Crippen molar-refractivity contribution in [1.82, 2.24) is 24.9 Å². The Morgan fingerprint density at radius 3 is 2.65 bits per heavy atom. The monoisotopic (exact) mass is 397 g/mol. The van der Waals surface area contributed by atoms with Gasteiger partial charge in [-0.05, 0) is 31.5 Å². The van der Waals surface area contributed by atoms with Crippen molar-refractivity contribution in [3.8, 4) is 0 Å². The smallest absolute Gasteiger partial charge is 0.274 e.